The molecule has 0 radical (unpaired) electrons. The standard InChI is InChI=1S/C11H16N2O3S/c1-12-9(7-16-2)8-17-11-5-3-10(4-6-11)13(14)15/h3-6,9,12H,7-8H2,1-2H3. The summed E-state index contributed by atoms with van der Waals surface area (Å²) >= 11 is 1.65. The summed E-state index contributed by atoms with van der Waals surface area (Å²) < 4.78 is 5.07. The molecular formula is C11H16N2O3S. The van der Waals surface area contributed by atoms with Crippen LogP contribution in [0.5, 0.6) is 0 Å². The second kappa shape index (κ2) is 7.26. The molecule has 0 fully saturated rings. The van der Waals surface area contributed by atoms with E-state index in [1.807, 2.05) is 7.05 Å². The highest BCUT2D eigenvalue weighted by molar-refractivity contribution is 7.99. The van der Waals surface area contributed by atoms with Gasteiger partial charge in [-0.3, -0.25) is 10.1 Å². The summed E-state index contributed by atoms with van der Waals surface area (Å²) in [5.41, 5.74) is 0.122. The van der Waals surface area contributed by atoms with Crippen molar-refractivity contribution in [3.8, 4) is 0 Å². The van der Waals surface area contributed by atoms with Gasteiger partial charge in [0.15, 0.2) is 0 Å². The first-order valence-corrected chi connectivity index (χ1v) is 6.19. The van der Waals surface area contributed by atoms with Crippen LogP contribution in [-0.4, -0.2) is 37.5 Å². The Morgan fingerprint density at radius 2 is 2.12 bits per heavy atom. The van der Waals surface area contributed by atoms with Crippen LogP contribution >= 0.6 is 11.8 Å². The summed E-state index contributed by atoms with van der Waals surface area (Å²) in [5, 5.41) is 13.6. The molecule has 1 atom stereocenters. The van der Waals surface area contributed by atoms with Crippen LogP contribution in [0.2, 0.25) is 0 Å². The maximum absolute atomic E-state index is 10.5. The predicted octanol–water partition coefficient (Wildman–Crippen LogP) is 1.92. The summed E-state index contributed by atoms with van der Waals surface area (Å²) in [6.07, 6.45) is 0. The van der Waals surface area contributed by atoms with Gasteiger partial charge in [-0.1, -0.05) is 0 Å². The molecule has 0 aliphatic carbocycles. The lowest BCUT2D eigenvalue weighted by atomic mass is 10.3. The van der Waals surface area contributed by atoms with Crippen LogP contribution in [-0.2, 0) is 4.74 Å². The number of rotatable bonds is 7. The van der Waals surface area contributed by atoms with Gasteiger partial charge in [-0.25, -0.2) is 0 Å². The molecule has 0 amide bonds. The molecule has 0 saturated carbocycles. The molecule has 0 aromatic heterocycles. The van der Waals surface area contributed by atoms with E-state index in [9.17, 15) is 10.1 Å². The van der Waals surface area contributed by atoms with Gasteiger partial charge in [-0.15, -0.1) is 11.8 Å². The molecule has 1 aromatic rings. The van der Waals surface area contributed by atoms with Crippen LogP contribution in [0.15, 0.2) is 29.2 Å². The Labute approximate surface area is 105 Å². The fourth-order valence-corrected chi connectivity index (χ4v) is 2.26. The van der Waals surface area contributed by atoms with E-state index in [4.69, 9.17) is 4.74 Å². The van der Waals surface area contributed by atoms with Gasteiger partial charge in [0.25, 0.3) is 5.69 Å². The summed E-state index contributed by atoms with van der Waals surface area (Å²) in [7, 11) is 3.56. The zero-order chi connectivity index (χ0) is 12.7. The van der Waals surface area contributed by atoms with Crippen molar-refractivity contribution in [3.63, 3.8) is 0 Å². The quantitative estimate of drug-likeness (QED) is 0.459. The zero-order valence-electron chi connectivity index (χ0n) is 9.88. The molecule has 1 aromatic carbocycles. The van der Waals surface area contributed by atoms with Crippen LogP contribution in [0.25, 0.3) is 0 Å². The van der Waals surface area contributed by atoms with E-state index in [2.05, 4.69) is 5.32 Å². The maximum atomic E-state index is 10.5. The number of thioether (sulfide) groups is 1. The lowest BCUT2D eigenvalue weighted by Gasteiger charge is -2.14. The van der Waals surface area contributed by atoms with Crippen molar-refractivity contribution in [2.45, 2.75) is 10.9 Å². The molecule has 17 heavy (non-hydrogen) atoms. The number of hydrogen-bond donors (Lipinski definition) is 1. The van der Waals surface area contributed by atoms with E-state index in [0.29, 0.717) is 6.61 Å². The SMILES string of the molecule is CNC(COC)CSc1ccc([N+](=O)[O-])cc1. The molecule has 0 saturated heterocycles. The molecule has 0 aliphatic rings. The van der Waals surface area contributed by atoms with Crippen LogP contribution < -0.4 is 5.32 Å². The normalized spacial score (nSPS) is 12.4. The van der Waals surface area contributed by atoms with Crippen molar-refractivity contribution in [2.75, 3.05) is 26.5 Å². The Morgan fingerprint density at radius 3 is 2.59 bits per heavy atom. The minimum atomic E-state index is -0.393. The zero-order valence-corrected chi connectivity index (χ0v) is 10.7. The van der Waals surface area contributed by atoms with Gasteiger partial charge in [-0.2, -0.15) is 0 Å². The van der Waals surface area contributed by atoms with Crippen molar-refractivity contribution in [1.29, 1.82) is 0 Å². The minimum Gasteiger partial charge on any atom is -0.383 e. The molecule has 0 heterocycles. The predicted molar refractivity (Wildman–Crippen MR) is 68.5 cm³/mol. The molecule has 1 rings (SSSR count). The second-order valence-electron chi connectivity index (χ2n) is 3.50. The Morgan fingerprint density at radius 1 is 1.47 bits per heavy atom. The topological polar surface area (TPSA) is 64.4 Å². The molecule has 5 nitrogen and oxygen atoms in total. The maximum Gasteiger partial charge on any atom is 0.269 e. The Bertz CT molecular complexity index is 356. The molecule has 0 aliphatic heterocycles. The van der Waals surface area contributed by atoms with Crippen LogP contribution in [0.1, 0.15) is 0 Å². The first-order valence-electron chi connectivity index (χ1n) is 5.21. The summed E-state index contributed by atoms with van der Waals surface area (Å²) in [5.74, 6) is 0.863. The number of likely N-dealkylation sites (N-methyl/N-ethyl adjacent to an activating group) is 1. The summed E-state index contributed by atoms with van der Waals surface area (Å²) in [6, 6.07) is 6.85. The molecule has 0 spiro atoms. The number of methoxy groups -OCH3 is 1. The first kappa shape index (κ1) is 14.0. The van der Waals surface area contributed by atoms with Crippen LogP contribution in [0, 0.1) is 10.1 Å². The summed E-state index contributed by atoms with van der Waals surface area (Å²) in [4.78, 5) is 11.1. The van der Waals surface area contributed by atoms with Gasteiger partial charge in [0.2, 0.25) is 0 Å². The third-order valence-electron chi connectivity index (χ3n) is 2.27. The van der Waals surface area contributed by atoms with Gasteiger partial charge in [0.1, 0.15) is 0 Å². The molecule has 1 N–H and O–H groups in total. The van der Waals surface area contributed by atoms with Crippen molar-refractivity contribution in [2.24, 2.45) is 0 Å². The number of hydrogen-bond acceptors (Lipinski definition) is 5. The average molecular weight is 256 g/mol. The number of non-ortho nitro benzene ring substituents is 1. The van der Waals surface area contributed by atoms with Crippen molar-refractivity contribution in [1.82, 2.24) is 5.32 Å². The summed E-state index contributed by atoms with van der Waals surface area (Å²) in [6.45, 7) is 0.649. The molecular weight excluding hydrogens is 240 g/mol. The highest BCUT2D eigenvalue weighted by Crippen LogP contribution is 2.21. The minimum absolute atomic E-state index is 0.122. The van der Waals surface area contributed by atoms with Crippen molar-refractivity contribution in [3.05, 3.63) is 34.4 Å². The Kier molecular flexibility index (Phi) is 5.96. The smallest absolute Gasteiger partial charge is 0.269 e. The van der Waals surface area contributed by atoms with Crippen molar-refractivity contribution >= 4 is 17.4 Å². The van der Waals surface area contributed by atoms with Gasteiger partial charge < -0.3 is 10.1 Å². The van der Waals surface area contributed by atoms with Crippen LogP contribution in [0.3, 0.4) is 0 Å². The molecule has 94 valence electrons. The van der Waals surface area contributed by atoms with E-state index < -0.39 is 4.92 Å². The number of nitro benzene ring substituents is 1. The molecule has 1 unspecified atom stereocenters. The number of nitrogens with zero attached hydrogens (tertiary/aromatic N) is 1. The lowest BCUT2D eigenvalue weighted by molar-refractivity contribution is -0.384. The third kappa shape index (κ3) is 4.72. The monoisotopic (exact) mass is 256 g/mol. The first-order chi connectivity index (χ1) is 8.17. The Hall–Kier alpha value is -1.11. The molecule has 0 bridgehead atoms. The number of nitrogens with one attached hydrogen (secondary N) is 1. The number of nitro groups is 1. The van der Waals surface area contributed by atoms with E-state index in [1.165, 1.54) is 12.1 Å². The fraction of sp³-hybridized carbons (Fsp3) is 0.455. The average Bonchev–Trinajstić information content (AvgIpc) is 2.35. The molecule has 6 heteroatoms. The lowest BCUT2D eigenvalue weighted by Crippen LogP contribution is -2.32. The van der Waals surface area contributed by atoms with E-state index in [0.717, 1.165) is 10.6 Å². The highest BCUT2D eigenvalue weighted by atomic mass is 32.2. The van der Waals surface area contributed by atoms with E-state index in [1.54, 1.807) is 31.0 Å². The Balaban J connectivity index is 2.48. The fourth-order valence-electron chi connectivity index (χ4n) is 1.28. The van der Waals surface area contributed by atoms with Gasteiger partial charge in [0, 0.05) is 35.9 Å². The highest BCUT2D eigenvalue weighted by Gasteiger charge is 2.08. The largest absolute Gasteiger partial charge is 0.383 e. The van der Waals surface area contributed by atoms with E-state index >= 15 is 0 Å². The van der Waals surface area contributed by atoms with Gasteiger partial charge in [0.05, 0.1) is 11.5 Å². The van der Waals surface area contributed by atoms with E-state index in [-0.39, 0.29) is 11.7 Å². The van der Waals surface area contributed by atoms with Crippen molar-refractivity contribution < 1.29 is 9.66 Å². The third-order valence-corrected chi connectivity index (χ3v) is 3.45. The van der Waals surface area contributed by atoms with Gasteiger partial charge in [-0.05, 0) is 19.2 Å². The second-order valence-corrected chi connectivity index (χ2v) is 4.60. The van der Waals surface area contributed by atoms with Crippen LogP contribution in [0.4, 0.5) is 5.69 Å². The number of ether oxygens (including phenoxy) is 1. The number of benzene rings is 1. The van der Waals surface area contributed by atoms with Gasteiger partial charge >= 0.3 is 0 Å².